The summed E-state index contributed by atoms with van der Waals surface area (Å²) in [7, 11) is 0. The van der Waals surface area contributed by atoms with Crippen molar-refractivity contribution in [3.8, 4) is 0 Å². The molecule has 2 aromatic rings. The highest BCUT2D eigenvalue weighted by atomic mass is 19.1. The highest BCUT2D eigenvalue weighted by Gasteiger charge is 2.30. The van der Waals surface area contributed by atoms with Gasteiger partial charge in [0.25, 0.3) is 11.8 Å². The summed E-state index contributed by atoms with van der Waals surface area (Å²) >= 11 is 0. The fraction of sp³-hybridized carbons (Fsp3) is 0.562. The summed E-state index contributed by atoms with van der Waals surface area (Å²) in [6, 6.07) is 6.76. The molecule has 0 bridgehead atoms. The van der Waals surface area contributed by atoms with Crippen molar-refractivity contribution < 1.29 is 33.3 Å². The van der Waals surface area contributed by atoms with Crippen LogP contribution < -0.4 is 5.32 Å². The Bertz CT molecular complexity index is 1130. The summed E-state index contributed by atoms with van der Waals surface area (Å²) in [4.78, 5) is 28.4. The number of hydrogen-bond donors (Lipinski definition) is 3. The number of hydrogen-bond acceptors (Lipinski definition) is 5. The molecule has 41 heavy (non-hydrogen) atoms. The van der Waals surface area contributed by atoms with Crippen molar-refractivity contribution >= 4 is 11.8 Å². The fourth-order valence-corrected chi connectivity index (χ4v) is 5.47. The maximum atomic E-state index is 13.9. The molecule has 1 saturated carbocycles. The quantitative estimate of drug-likeness (QED) is 0.284. The van der Waals surface area contributed by atoms with E-state index in [0.29, 0.717) is 36.7 Å². The van der Waals surface area contributed by atoms with Crippen LogP contribution in [0.15, 0.2) is 36.4 Å². The number of nitrogens with one attached hydrogen (secondary N) is 1. The van der Waals surface area contributed by atoms with Gasteiger partial charge in [-0.2, -0.15) is 0 Å². The van der Waals surface area contributed by atoms with Gasteiger partial charge in [-0.15, -0.1) is 0 Å². The Hall–Kier alpha value is -2.88. The molecule has 0 aromatic heterocycles. The Morgan fingerprint density at radius 2 is 1.59 bits per heavy atom. The molecule has 3 N–H and O–H groups in total. The topological polar surface area (TPSA) is 99.1 Å². The largest absolute Gasteiger partial charge is 0.388 e. The van der Waals surface area contributed by atoms with Gasteiger partial charge < -0.3 is 25.2 Å². The Labute approximate surface area is 241 Å². The number of carbonyl (C=O) groups is 2. The molecular formula is C32H44F2N2O5. The lowest BCUT2D eigenvalue weighted by Gasteiger charge is -2.28. The number of halogens is 2. The monoisotopic (exact) mass is 574 g/mol. The minimum atomic E-state index is -1.48. The van der Waals surface area contributed by atoms with E-state index in [0.717, 1.165) is 56.7 Å². The second kappa shape index (κ2) is 15.9. The number of aliphatic hydroxyl groups is 2. The van der Waals surface area contributed by atoms with Crippen molar-refractivity contribution in [1.29, 1.82) is 0 Å². The van der Waals surface area contributed by atoms with Crippen molar-refractivity contribution in [2.45, 2.75) is 84.0 Å². The molecule has 0 spiro atoms. The van der Waals surface area contributed by atoms with Crippen LogP contribution in [-0.2, 0) is 11.2 Å². The number of ether oxygens (including phenoxy) is 1. The van der Waals surface area contributed by atoms with Gasteiger partial charge in [0.2, 0.25) is 0 Å². The maximum absolute atomic E-state index is 13.9. The molecule has 1 aliphatic rings. The van der Waals surface area contributed by atoms with Crippen molar-refractivity contribution in [1.82, 2.24) is 10.2 Å². The van der Waals surface area contributed by atoms with E-state index >= 15 is 0 Å². The molecule has 3 atom stereocenters. The van der Waals surface area contributed by atoms with Crippen LogP contribution in [0.2, 0.25) is 0 Å². The average molecular weight is 575 g/mol. The third-order valence-corrected chi connectivity index (χ3v) is 7.48. The van der Waals surface area contributed by atoms with Gasteiger partial charge in [0.15, 0.2) is 0 Å². The van der Waals surface area contributed by atoms with Crippen LogP contribution in [0.1, 0.15) is 84.2 Å². The van der Waals surface area contributed by atoms with E-state index in [4.69, 9.17) is 4.74 Å². The van der Waals surface area contributed by atoms with E-state index in [1.807, 2.05) is 13.8 Å². The first-order valence-corrected chi connectivity index (χ1v) is 14.7. The van der Waals surface area contributed by atoms with E-state index in [1.165, 1.54) is 6.07 Å². The lowest BCUT2D eigenvalue weighted by atomic mass is 9.96. The number of nitrogens with zero attached hydrogens (tertiary/aromatic N) is 1. The molecule has 1 aliphatic carbocycles. The zero-order valence-electron chi connectivity index (χ0n) is 24.4. The molecule has 0 radical (unpaired) electrons. The van der Waals surface area contributed by atoms with Crippen LogP contribution in [0.3, 0.4) is 0 Å². The van der Waals surface area contributed by atoms with Gasteiger partial charge >= 0.3 is 0 Å². The summed E-state index contributed by atoms with van der Waals surface area (Å²) in [5, 5.41) is 24.5. The minimum Gasteiger partial charge on any atom is -0.388 e. The standard InChI is InChI=1S/C32H44F2N2O5/c1-4-10-36(11-5-2)32(40)25-13-21(3)12-24(17-25)31(39)35-28(16-23-14-26(33)18-27(34)15-23)30(38)29(37)20-41-19-22-8-6-7-9-22/h12-15,17-18,22,28-30,37-38H,4-11,16,19-20H2,1-3H3,(H,35,39)/t28-,29+,30+/m0/s1. The molecule has 0 saturated heterocycles. The zero-order valence-corrected chi connectivity index (χ0v) is 24.4. The predicted octanol–water partition coefficient (Wildman–Crippen LogP) is 4.81. The van der Waals surface area contributed by atoms with Gasteiger partial charge in [-0.1, -0.05) is 26.7 Å². The number of carbonyl (C=O) groups excluding carboxylic acids is 2. The maximum Gasteiger partial charge on any atom is 0.253 e. The first kappa shape index (κ1) is 32.6. The highest BCUT2D eigenvalue weighted by molar-refractivity contribution is 6.00. The van der Waals surface area contributed by atoms with Gasteiger partial charge in [-0.05, 0) is 86.4 Å². The van der Waals surface area contributed by atoms with E-state index in [1.54, 1.807) is 24.0 Å². The molecule has 0 aliphatic heterocycles. The normalized spacial score (nSPS) is 15.9. The minimum absolute atomic E-state index is 0.139. The lowest BCUT2D eigenvalue weighted by Crippen LogP contribution is -2.51. The number of amides is 2. The van der Waals surface area contributed by atoms with Crippen molar-refractivity contribution in [3.05, 3.63) is 70.3 Å². The molecule has 3 rings (SSSR count). The van der Waals surface area contributed by atoms with Gasteiger partial charge in [0.1, 0.15) is 23.8 Å². The first-order chi connectivity index (χ1) is 19.6. The molecule has 1 fully saturated rings. The number of aryl methyl sites for hydroxylation is 1. The predicted molar refractivity (Wildman–Crippen MR) is 154 cm³/mol. The van der Waals surface area contributed by atoms with Crippen molar-refractivity contribution in [2.75, 3.05) is 26.3 Å². The van der Waals surface area contributed by atoms with Crippen molar-refractivity contribution in [3.63, 3.8) is 0 Å². The third-order valence-electron chi connectivity index (χ3n) is 7.48. The smallest absolute Gasteiger partial charge is 0.253 e. The average Bonchev–Trinajstić information content (AvgIpc) is 3.44. The molecule has 9 heteroatoms. The van der Waals surface area contributed by atoms with Crippen molar-refractivity contribution in [2.24, 2.45) is 5.92 Å². The fourth-order valence-electron chi connectivity index (χ4n) is 5.47. The molecule has 2 aromatic carbocycles. The van der Waals surface area contributed by atoms with Crippen LogP contribution in [0.25, 0.3) is 0 Å². The van der Waals surface area contributed by atoms with E-state index in [-0.39, 0.29) is 30.1 Å². The molecule has 2 amide bonds. The second-order valence-electron chi connectivity index (χ2n) is 11.2. The summed E-state index contributed by atoms with van der Waals surface area (Å²) in [6.07, 6.45) is 3.08. The van der Waals surface area contributed by atoms with Gasteiger partial charge in [0.05, 0.1) is 12.6 Å². The second-order valence-corrected chi connectivity index (χ2v) is 11.2. The summed E-state index contributed by atoms with van der Waals surface area (Å²) in [6.45, 7) is 7.30. The summed E-state index contributed by atoms with van der Waals surface area (Å²) < 4.78 is 33.5. The SMILES string of the molecule is CCCN(CCC)C(=O)c1cc(C)cc(C(=O)N[C@@H](Cc2cc(F)cc(F)c2)[C@@H](O)[C@H](O)COCC2CCCC2)c1. The summed E-state index contributed by atoms with van der Waals surface area (Å²) in [5.74, 6) is -1.90. The molecular weight excluding hydrogens is 530 g/mol. The number of rotatable bonds is 15. The Morgan fingerprint density at radius 1 is 0.976 bits per heavy atom. The van der Waals surface area contributed by atoms with Crippen LogP contribution in [0, 0.1) is 24.5 Å². The Balaban J connectivity index is 1.80. The van der Waals surface area contributed by atoms with E-state index in [9.17, 15) is 28.6 Å². The molecule has 0 unspecified atom stereocenters. The van der Waals surface area contributed by atoms with E-state index in [2.05, 4.69) is 5.32 Å². The van der Waals surface area contributed by atoms with Gasteiger partial charge in [0, 0.05) is 36.9 Å². The third kappa shape index (κ3) is 9.87. The highest BCUT2D eigenvalue weighted by Crippen LogP contribution is 2.25. The Morgan fingerprint density at radius 3 is 2.20 bits per heavy atom. The first-order valence-electron chi connectivity index (χ1n) is 14.7. The van der Waals surface area contributed by atoms with Gasteiger partial charge in [-0.3, -0.25) is 9.59 Å². The van der Waals surface area contributed by atoms with E-state index < -0.39 is 35.8 Å². The van der Waals surface area contributed by atoms with Crippen LogP contribution >= 0.6 is 0 Å². The van der Waals surface area contributed by atoms with Crippen LogP contribution in [0.4, 0.5) is 8.78 Å². The summed E-state index contributed by atoms with van der Waals surface area (Å²) in [5.41, 5.74) is 1.50. The van der Waals surface area contributed by atoms with Crippen LogP contribution in [0.5, 0.6) is 0 Å². The zero-order chi connectivity index (χ0) is 29.9. The lowest BCUT2D eigenvalue weighted by molar-refractivity contribution is -0.0557. The van der Waals surface area contributed by atoms with Gasteiger partial charge in [-0.25, -0.2) is 8.78 Å². The molecule has 7 nitrogen and oxygen atoms in total. The number of benzene rings is 2. The molecule has 0 heterocycles. The number of aliphatic hydroxyl groups excluding tert-OH is 2. The molecule has 226 valence electrons. The van der Waals surface area contributed by atoms with Crippen LogP contribution in [-0.4, -0.2) is 71.5 Å². The Kier molecular flexibility index (Phi) is 12.7.